The molecule has 10 heavy (non-hydrogen) atoms. The summed E-state index contributed by atoms with van der Waals surface area (Å²) in [6.07, 6.45) is 3.57. The summed E-state index contributed by atoms with van der Waals surface area (Å²) in [5, 5.41) is 5.53. The fraction of sp³-hybridized carbons (Fsp3) is 0. The van der Waals surface area contributed by atoms with Gasteiger partial charge in [0.25, 0.3) is 5.88 Å². The van der Waals surface area contributed by atoms with E-state index in [1.54, 1.807) is 11.7 Å². The van der Waals surface area contributed by atoms with Crippen LogP contribution in [0.15, 0.2) is 21.1 Å². The lowest BCUT2D eigenvalue weighted by Crippen LogP contribution is -1.59. The van der Waals surface area contributed by atoms with E-state index in [9.17, 15) is 0 Å². The predicted molar refractivity (Wildman–Crippen MR) is 41.3 cm³/mol. The van der Waals surface area contributed by atoms with E-state index in [1.807, 2.05) is 11.5 Å². The van der Waals surface area contributed by atoms with Crippen LogP contribution >= 0.6 is 11.8 Å². The van der Waals surface area contributed by atoms with Crippen molar-refractivity contribution in [1.82, 2.24) is 5.16 Å². The molecule has 3 nitrogen and oxygen atoms in total. The first-order chi connectivity index (χ1) is 4.97. The van der Waals surface area contributed by atoms with E-state index in [0.717, 1.165) is 5.56 Å². The molecule has 1 aromatic rings. The maximum absolute atomic E-state index is 4.82. The van der Waals surface area contributed by atoms with Gasteiger partial charge < -0.3 is 4.52 Å². The van der Waals surface area contributed by atoms with Crippen molar-refractivity contribution in [2.24, 2.45) is 4.99 Å². The molecule has 0 fully saturated rings. The monoisotopic (exact) mass is 152 g/mol. The number of hydrogen-bond acceptors (Lipinski definition) is 4. The summed E-state index contributed by atoms with van der Waals surface area (Å²) in [6, 6.07) is 0. The zero-order valence-electron chi connectivity index (χ0n) is 5.02. The molecule has 1 aliphatic rings. The number of aromatic nitrogens is 1. The lowest BCUT2D eigenvalue weighted by molar-refractivity contribution is 0.430. The molecule has 0 aromatic carbocycles. The molecular weight excluding hydrogens is 148 g/mol. The van der Waals surface area contributed by atoms with E-state index in [0.29, 0.717) is 5.88 Å². The number of hydrogen-bond donors (Lipinski definition) is 0. The predicted octanol–water partition coefficient (Wildman–Crippen LogP) is 2.05. The van der Waals surface area contributed by atoms with Gasteiger partial charge in [-0.2, -0.15) is 0 Å². The normalized spacial score (nSPS) is 14.8. The number of thioether (sulfide) groups is 1. The number of fused-ring (bicyclic) bond motifs is 1. The summed E-state index contributed by atoms with van der Waals surface area (Å²) >= 11 is 1.52. The van der Waals surface area contributed by atoms with Crippen LogP contribution in [0.25, 0.3) is 6.08 Å². The molecule has 0 saturated carbocycles. The molecule has 2 heterocycles. The van der Waals surface area contributed by atoms with E-state index in [2.05, 4.69) is 10.1 Å². The Balaban J connectivity index is 2.56. The number of aliphatic imine (C=N–C) groups is 1. The molecule has 0 N–H and O–H groups in total. The first-order valence-electron chi connectivity index (χ1n) is 2.76. The van der Waals surface area contributed by atoms with Crippen LogP contribution in [-0.4, -0.2) is 10.7 Å². The van der Waals surface area contributed by atoms with Crippen LogP contribution in [-0.2, 0) is 0 Å². The molecule has 1 aliphatic heterocycles. The third kappa shape index (κ3) is 0.863. The van der Waals surface area contributed by atoms with Gasteiger partial charge >= 0.3 is 0 Å². The van der Waals surface area contributed by atoms with Crippen molar-refractivity contribution < 1.29 is 4.52 Å². The Labute approximate surface area is 61.8 Å². The fourth-order valence-electron chi connectivity index (χ4n) is 0.679. The highest BCUT2D eigenvalue weighted by molar-refractivity contribution is 8.14. The molecule has 0 bridgehead atoms. The van der Waals surface area contributed by atoms with Gasteiger partial charge in [0.1, 0.15) is 0 Å². The zero-order valence-corrected chi connectivity index (χ0v) is 5.84. The third-order valence-corrected chi connectivity index (χ3v) is 1.66. The molecule has 0 saturated heterocycles. The summed E-state index contributed by atoms with van der Waals surface area (Å²) in [7, 11) is 0. The molecule has 0 unspecified atom stereocenters. The van der Waals surface area contributed by atoms with Gasteiger partial charge in [-0.25, -0.2) is 4.99 Å². The lowest BCUT2D eigenvalue weighted by atomic mass is 10.3. The van der Waals surface area contributed by atoms with Crippen LogP contribution < -0.4 is 0 Å². The maximum atomic E-state index is 4.82. The highest BCUT2D eigenvalue weighted by Crippen LogP contribution is 2.23. The zero-order chi connectivity index (χ0) is 6.81. The molecule has 0 amide bonds. The molecule has 0 aliphatic carbocycles. The Morgan fingerprint density at radius 1 is 1.50 bits per heavy atom. The van der Waals surface area contributed by atoms with E-state index < -0.39 is 0 Å². The van der Waals surface area contributed by atoms with E-state index >= 15 is 0 Å². The van der Waals surface area contributed by atoms with Crippen molar-refractivity contribution in [2.75, 3.05) is 0 Å². The van der Waals surface area contributed by atoms with Crippen LogP contribution in [0.3, 0.4) is 0 Å². The molecule has 1 aromatic heterocycles. The highest BCUT2D eigenvalue weighted by Gasteiger charge is 2.03. The Hall–Kier alpha value is -1.03. The van der Waals surface area contributed by atoms with Gasteiger partial charge in [0.2, 0.25) is 0 Å². The Bertz CT molecular complexity index is 263. The minimum Gasteiger partial charge on any atom is -0.336 e. The Morgan fingerprint density at radius 3 is 3.50 bits per heavy atom. The van der Waals surface area contributed by atoms with Crippen molar-refractivity contribution in [3.8, 4) is 0 Å². The molecule has 0 radical (unpaired) electrons. The van der Waals surface area contributed by atoms with E-state index in [-0.39, 0.29) is 0 Å². The van der Waals surface area contributed by atoms with Gasteiger partial charge in [0.05, 0.1) is 17.3 Å². The standard InChI is InChI=1S/C6H4N2OS/c1-2-10-4-7-6-5(1)3-8-9-6/h1-4H. The van der Waals surface area contributed by atoms with Gasteiger partial charge in [-0.15, -0.1) is 0 Å². The first-order valence-corrected chi connectivity index (χ1v) is 3.70. The van der Waals surface area contributed by atoms with E-state index in [4.69, 9.17) is 4.52 Å². The average molecular weight is 152 g/mol. The summed E-state index contributed by atoms with van der Waals surface area (Å²) in [6.45, 7) is 0. The van der Waals surface area contributed by atoms with Crippen molar-refractivity contribution in [3.05, 3.63) is 17.2 Å². The second kappa shape index (κ2) is 2.30. The summed E-state index contributed by atoms with van der Waals surface area (Å²) in [5.41, 5.74) is 2.65. The SMILES string of the molecule is C1=Cc2cnoc2N=CS1. The molecule has 2 rings (SSSR count). The number of rotatable bonds is 0. The third-order valence-electron chi connectivity index (χ3n) is 1.13. The van der Waals surface area contributed by atoms with Crippen molar-refractivity contribution >= 4 is 29.3 Å². The summed E-state index contributed by atoms with van der Waals surface area (Å²) < 4.78 is 4.82. The molecule has 0 spiro atoms. The lowest BCUT2D eigenvalue weighted by Gasteiger charge is -1.79. The minimum absolute atomic E-state index is 0.584. The molecular formula is C6H4N2OS. The quantitative estimate of drug-likeness (QED) is 0.571. The summed E-state index contributed by atoms with van der Waals surface area (Å²) in [5.74, 6) is 0.584. The van der Waals surface area contributed by atoms with Gasteiger partial charge in [0.15, 0.2) is 0 Å². The van der Waals surface area contributed by atoms with Crippen LogP contribution in [0.4, 0.5) is 5.88 Å². The topological polar surface area (TPSA) is 38.4 Å². The van der Waals surface area contributed by atoms with Crippen molar-refractivity contribution in [1.29, 1.82) is 0 Å². The first kappa shape index (κ1) is 5.73. The highest BCUT2D eigenvalue weighted by atomic mass is 32.2. The van der Waals surface area contributed by atoms with Gasteiger partial charge in [-0.05, 0) is 11.5 Å². The van der Waals surface area contributed by atoms with Crippen LogP contribution in [0.2, 0.25) is 0 Å². The average Bonchev–Trinajstić information content (AvgIpc) is 2.28. The van der Waals surface area contributed by atoms with Crippen LogP contribution in [0.1, 0.15) is 5.56 Å². The smallest absolute Gasteiger partial charge is 0.258 e. The largest absolute Gasteiger partial charge is 0.336 e. The van der Waals surface area contributed by atoms with E-state index in [1.165, 1.54) is 11.8 Å². The van der Waals surface area contributed by atoms with Crippen LogP contribution in [0, 0.1) is 0 Å². The second-order valence-electron chi connectivity index (χ2n) is 1.76. The van der Waals surface area contributed by atoms with Gasteiger partial charge in [-0.1, -0.05) is 16.9 Å². The van der Waals surface area contributed by atoms with Crippen LogP contribution in [0.5, 0.6) is 0 Å². The number of nitrogens with zero attached hydrogens (tertiary/aromatic N) is 2. The minimum atomic E-state index is 0.584. The molecule has 0 atom stereocenters. The molecule has 50 valence electrons. The maximum Gasteiger partial charge on any atom is 0.258 e. The Kier molecular flexibility index (Phi) is 1.32. The fourth-order valence-corrected chi connectivity index (χ4v) is 1.13. The molecule has 4 heteroatoms. The van der Waals surface area contributed by atoms with Gasteiger partial charge in [-0.3, -0.25) is 0 Å². The van der Waals surface area contributed by atoms with Crippen molar-refractivity contribution in [3.63, 3.8) is 0 Å². The van der Waals surface area contributed by atoms with Crippen molar-refractivity contribution in [2.45, 2.75) is 0 Å². The second-order valence-corrected chi connectivity index (χ2v) is 2.51. The Morgan fingerprint density at radius 2 is 2.50 bits per heavy atom. The summed E-state index contributed by atoms with van der Waals surface area (Å²) in [4.78, 5) is 3.99. The van der Waals surface area contributed by atoms with Gasteiger partial charge in [0, 0.05) is 0 Å².